The Morgan fingerprint density at radius 3 is 1.90 bits per heavy atom. The minimum atomic E-state index is -0.444. The van der Waals surface area contributed by atoms with Crippen molar-refractivity contribution in [2.75, 3.05) is 16.0 Å². The summed E-state index contributed by atoms with van der Waals surface area (Å²) in [5, 5.41) is 11.9. The highest BCUT2D eigenvalue weighted by Gasteiger charge is 2.10. The minimum Gasteiger partial charge on any atom is -0.326 e. The van der Waals surface area contributed by atoms with Gasteiger partial charge in [-0.3, -0.25) is 19.2 Å². The lowest BCUT2D eigenvalue weighted by molar-refractivity contribution is -0.115. The lowest BCUT2D eigenvalue weighted by atomic mass is 10.2. The van der Waals surface area contributed by atoms with E-state index in [2.05, 4.69) is 26.5 Å². The maximum absolute atomic E-state index is 12.2. The van der Waals surface area contributed by atoms with Gasteiger partial charge in [0.2, 0.25) is 17.7 Å². The van der Waals surface area contributed by atoms with Crippen LogP contribution in [0.15, 0.2) is 53.6 Å². The minimum absolute atomic E-state index is 0.0455. The molecule has 0 spiro atoms. The van der Waals surface area contributed by atoms with Crippen molar-refractivity contribution in [3.05, 3.63) is 54.1 Å². The molecule has 0 radical (unpaired) electrons. The van der Waals surface area contributed by atoms with Gasteiger partial charge in [-0.2, -0.15) is 5.10 Å². The number of anilines is 3. The lowest BCUT2D eigenvalue weighted by Gasteiger charge is -2.11. The van der Waals surface area contributed by atoms with Gasteiger partial charge in [0, 0.05) is 30.8 Å². The molecule has 0 unspecified atom stereocenters. The summed E-state index contributed by atoms with van der Waals surface area (Å²) < 4.78 is 0. The predicted molar refractivity (Wildman–Crippen MR) is 115 cm³/mol. The zero-order chi connectivity index (χ0) is 22.1. The third-order valence-electron chi connectivity index (χ3n) is 3.74. The number of para-hydroxylation sites is 2. The molecule has 9 heteroatoms. The standard InChI is InChI=1S/C21H23N5O4/c1-13(12-20(29)24-19-7-5-4-6-18(19)23-15(3)28)25-26-21(30)16-8-10-17(11-9-16)22-14(2)27/h4-11H,12H2,1-3H3,(H,22,27)(H,23,28)(H,24,29)(H,26,30)/b25-13+. The van der Waals surface area contributed by atoms with Gasteiger partial charge in [-0.05, 0) is 43.3 Å². The molecule has 0 bridgehead atoms. The zero-order valence-corrected chi connectivity index (χ0v) is 16.9. The first-order valence-electron chi connectivity index (χ1n) is 9.12. The number of nitrogens with zero attached hydrogens (tertiary/aromatic N) is 1. The van der Waals surface area contributed by atoms with Crippen LogP contribution in [-0.4, -0.2) is 29.3 Å². The van der Waals surface area contributed by atoms with Crippen LogP contribution in [0.3, 0.4) is 0 Å². The number of hydrazone groups is 1. The Morgan fingerprint density at radius 2 is 1.33 bits per heavy atom. The summed E-state index contributed by atoms with van der Waals surface area (Å²) in [6.45, 7) is 4.39. The first-order chi connectivity index (χ1) is 14.2. The van der Waals surface area contributed by atoms with Gasteiger partial charge in [0.25, 0.3) is 5.91 Å². The van der Waals surface area contributed by atoms with Crippen molar-refractivity contribution in [1.82, 2.24) is 5.43 Å². The van der Waals surface area contributed by atoms with Crippen molar-refractivity contribution >= 4 is 46.4 Å². The molecule has 0 aromatic heterocycles. The van der Waals surface area contributed by atoms with E-state index >= 15 is 0 Å². The highest BCUT2D eigenvalue weighted by molar-refractivity contribution is 6.08. The molecule has 0 atom stereocenters. The fraction of sp³-hybridized carbons (Fsp3) is 0.190. The second kappa shape index (κ2) is 10.5. The molecule has 30 heavy (non-hydrogen) atoms. The maximum Gasteiger partial charge on any atom is 0.271 e. The Labute approximate surface area is 173 Å². The average molecular weight is 409 g/mol. The number of hydrogen-bond donors (Lipinski definition) is 4. The molecule has 156 valence electrons. The van der Waals surface area contributed by atoms with Gasteiger partial charge >= 0.3 is 0 Å². The van der Waals surface area contributed by atoms with Gasteiger partial charge < -0.3 is 16.0 Å². The number of hydrogen-bond acceptors (Lipinski definition) is 5. The molecule has 0 heterocycles. The SMILES string of the molecule is CC(=O)Nc1ccc(C(=O)N/N=C(\C)CC(=O)Nc2ccccc2NC(C)=O)cc1. The second-order valence-electron chi connectivity index (χ2n) is 6.50. The third kappa shape index (κ3) is 7.19. The van der Waals surface area contributed by atoms with E-state index < -0.39 is 5.91 Å². The van der Waals surface area contributed by atoms with E-state index in [9.17, 15) is 19.2 Å². The molecule has 9 nitrogen and oxygen atoms in total. The Balaban J connectivity index is 1.92. The molecule has 2 aromatic rings. The quantitative estimate of drug-likeness (QED) is 0.414. The number of carbonyl (C=O) groups excluding carboxylic acids is 4. The van der Waals surface area contributed by atoms with Crippen LogP contribution in [0.5, 0.6) is 0 Å². The van der Waals surface area contributed by atoms with Crippen LogP contribution < -0.4 is 21.4 Å². The first-order valence-corrected chi connectivity index (χ1v) is 9.12. The molecule has 0 aliphatic heterocycles. The van der Waals surface area contributed by atoms with E-state index in [4.69, 9.17) is 0 Å². The van der Waals surface area contributed by atoms with Crippen LogP contribution in [-0.2, 0) is 14.4 Å². The molecule has 0 fully saturated rings. The molecule has 4 N–H and O–H groups in total. The van der Waals surface area contributed by atoms with Crippen LogP contribution in [0.25, 0.3) is 0 Å². The van der Waals surface area contributed by atoms with E-state index in [1.165, 1.54) is 13.8 Å². The number of carbonyl (C=O) groups is 4. The smallest absolute Gasteiger partial charge is 0.271 e. The monoisotopic (exact) mass is 409 g/mol. The molecule has 0 aliphatic carbocycles. The number of amides is 4. The van der Waals surface area contributed by atoms with E-state index in [0.29, 0.717) is 28.3 Å². The summed E-state index contributed by atoms with van der Waals surface area (Å²) in [6, 6.07) is 13.1. The molecule has 4 amide bonds. The van der Waals surface area contributed by atoms with E-state index in [0.717, 1.165) is 0 Å². The molecular weight excluding hydrogens is 386 g/mol. The van der Waals surface area contributed by atoms with Gasteiger partial charge in [-0.25, -0.2) is 5.43 Å². The van der Waals surface area contributed by atoms with Crippen molar-refractivity contribution in [3.8, 4) is 0 Å². The Kier molecular flexibility index (Phi) is 7.81. The lowest BCUT2D eigenvalue weighted by Crippen LogP contribution is -2.22. The fourth-order valence-electron chi connectivity index (χ4n) is 2.48. The van der Waals surface area contributed by atoms with Crippen molar-refractivity contribution < 1.29 is 19.2 Å². The largest absolute Gasteiger partial charge is 0.326 e. The Morgan fingerprint density at radius 1 is 0.767 bits per heavy atom. The highest BCUT2D eigenvalue weighted by Crippen LogP contribution is 2.21. The van der Waals surface area contributed by atoms with Crippen LogP contribution in [0, 0.1) is 0 Å². The number of benzene rings is 2. The summed E-state index contributed by atoms with van der Waals surface area (Å²) in [5.74, 6) is -1.24. The van der Waals surface area contributed by atoms with Gasteiger partial charge in [0.1, 0.15) is 0 Å². The summed E-state index contributed by atoms with van der Waals surface area (Å²) in [4.78, 5) is 46.7. The molecular formula is C21H23N5O4. The van der Waals surface area contributed by atoms with Gasteiger partial charge in [-0.1, -0.05) is 12.1 Å². The Bertz CT molecular complexity index is 983. The van der Waals surface area contributed by atoms with Crippen molar-refractivity contribution in [2.24, 2.45) is 5.10 Å². The summed E-state index contributed by atoms with van der Waals surface area (Å²) in [7, 11) is 0. The van der Waals surface area contributed by atoms with Gasteiger partial charge in [0.15, 0.2) is 0 Å². The third-order valence-corrected chi connectivity index (χ3v) is 3.74. The van der Waals surface area contributed by atoms with Crippen molar-refractivity contribution in [3.63, 3.8) is 0 Å². The van der Waals surface area contributed by atoms with Crippen LogP contribution >= 0.6 is 0 Å². The topological polar surface area (TPSA) is 129 Å². The van der Waals surface area contributed by atoms with Crippen LogP contribution in [0.2, 0.25) is 0 Å². The van der Waals surface area contributed by atoms with Gasteiger partial charge in [0.05, 0.1) is 17.8 Å². The first kappa shape index (κ1) is 22.3. The molecule has 2 aromatic carbocycles. The van der Waals surface area contributed by atoms with Crippen LogP contribution in [0.1, 0.15) is 37.6 Å². The van der Waals surface area contributed by atoms with E-state index in [1.54, 1.807) is 55.5 Å². The van der Waals surface area contributed by atoms with Crippen LogP contribution in [0.4, 0.5) is 17.1 Å². The maximum atomic E-state index is 12.2. The highest BCUT2D eigenvalue weighted by atomic mass is 16.2. The molecule has 0 aliphatic rings. The summed E-state index contributed by atoms with van der Waals surface area (Å²) >= 11 is 0. The van der Waals surface area contributed by atoms with Crippen molar-refractivity contribution in [1.29, 1.82) is 0 Å². The number of nitrogens with one attached hydrogen (secondary N) is 4. The zero-order valence-electron chi connectivity index (χ0n) is 16.9. The molecule has 0 saturated carbocycles. The van der Waals surface area contributed by atoms with E-state index in [-0.39, 0.29) is 24.1 Å². The Hall–Kier alpha value is -4.01. The van der Waals surface area contributed by atoms with E-state index in [1.807, 2.05) is 0 Å². The molecule has 2 rings (SSSR count). The second-order valence-corrected chi connectivity index (χ2v) is 6.50. The predicted octanol–water partition coefficient (Wildman–Crippen LogP) is 2.74. The average Bonchev–Trinajstić information content (AvgIpc) is 2.67. The number of rotatable bonds is 7. The molecule has 0 saturated heterocycles. The fourth-order valence-corrected chi connectivity index (χ4v) is 2.48. The summed E-state index contributed by atoms with van der Waals surface area (Å²) in [5.41, 5.74) is 4.68. The normalized spacial score (nSPS) is 10.7. The van der Waals surface area contributed by atoms with Crippen molar-refractivity contribution in [2.45, 2.75) is 27.2 Å². The van der Waals surface area contributed by atoms with Gasteiger partial charge in [-0.15, -0.1) is 0 Å². The summed E-state index contributed by atoms with van der Waals surface area (Å²) in [6.07, 6.45) is -0.0455.